The van der Waals surface area contributed by atoms with Crippen LogP contribution in [0.25, 0.3) is 15.7 Å². The van der Waals surface area contributed by atoms with Gasteiger partial charge in [0, 0.05) is 24.0 Å². The van der Waals surface area contributed by atoms with Crippen LogP contribution in [0.4, 0.5) is 0 Å². The Kier molecular flexibility index (Phi) is 4.43. The normalized spacial score (nSPS) is 14.0. The van der Waals surface area contributed by atoms with Crippen molar-refractivity contribution in [1.29, 1.82) is 0 Å². The molecule has 0 unspecified atom stereocenters. The number of carbonyl (C=O) groups is 1. The number of hydrogen-bond acceptors (Lipinski definition) is 5. The average Bonchev–Trinajstić information content (AvgIpc) is 3.36. The van der Waals surface area contributed by atoms with Gasteiger partial charge >= 0.3 is 0 Å². The van der Waals surface area contributed by atoms with Crippen molar-refractivity contribution in [3.05, 3.63) is 63.8 Å². The molecule has 0 atom stereocenters. The Morgan fingerprint density at radius 2 is 2.17 bits per heavy atom. The number of fused-ring (bicyclic) bond motifs is 3. The topological polar surface area (TPSA) is 72.5 Å². The Morgan fingerprint density at radius 3 is 2.90 bits per heavy atom. The summed E-state index contributed by atoms with van der Waals surface area (Å²) in [7, 11) is 0. The molecular formula is C21H21N5O2S. The molecule has 0 aromatic carbocycles. The Morgan fingerprint density at radius 1 is 1.31 bits per heavy atom. The van der Waals surface area contributed by atoms with E-state index < -0.39 is 0 Å². The van der Waals surface area contributed by atoms with Crippen molar-refractivity contribution in [3.63, 3.8) is 0 Å². The predicted molar refractivity (Wildman–Crippen MR) is 112 cm³/mol. The summed E-state index contributed by atoms with van der Waals surface area (Å²) in [4.78, 5) is 33.4. The molecule has 0 saturated heterocycles. The standard InChI is InChI=1S/C21H21N5O2S/c1-2-18-23-25(20(28)17-11-14-8-10-29-21(14)26(17)18)13-19(27)24(16-6-7-16)12-15-5-3-4-9-22-15/h3-5,8-11,16H,2,6-7,12-13H2,1H3. The van der Waals surface area contributed by atoms with Crippen LogP contribution >= 0.6 is 11.3 Å². The fourth-order valence-electron chi connectivity index (χ4n) is 3.73. The summed E-state index contributed by atoms with van der Waals surface area (Å²) in [5, 5.41) is 7.58. The predicted octanol–water partition coefficient (Wildman–Crippen LogP) is 2.86. The lowest BCUT2D eigenvalue weighted by atomic mass is 10.3. The molecule has 8 heteroatoms. The number of hydrogen-bond donors (Lipinski definition) is 0. The van der Waals surface area contributed by atoms with Gasteiger partial charge in [-0.3, -0.25) is 19.0 Å². The highest BCUT2D eigenvalue weighted by Crippen LogP contribution is 2.28. The number of amides is 1. The molecule has 4 aromatic rings. The highest BCUT2D eigenvalue weighted by atomic mass is 32.1. The summed E-state index contributed by atoms with van der Waals surface area (Å²) in [5.41, 5.74) is 1.20. The number of aryl methyl sites for hydroxylation is 1. The van der Waals surface area contributed by atoms with E-state index in [0.717, 1.165) is 34.6 Å². The van der Waals surface area contributed by atoms with E-state index in [1.54, 1.807) is 17.5 Å². The van der Waals surface area contributed by atoms with Crippen LogP contribution < -0.4 is 5.56 Å². The molecule has 148 valence electrons. The second-order valence-corrected chi connectivity index (χ2v) is 8.25. The number of nitrogens with zero attached hydrogens (tertiary/aromatic N) is 5. The van der Waals surface area contributed by atoms with E-state index in [1.165, 1.54) is 4.68 Å². The third kappa shape index (κ3) is 3.23. The van der Waals surface area contributed by atoms with Gasteiger partial charge in [-0.15, -0.1) is 11.3 Å². The smallest absolute Gasteiger partial charge is 0.291 e. The number of aromatic nitrogens is 4. The molecule has 5 rings (SSSR count). The zero-order valence-electron chi connectivity index (χ0n) is 16.1. The Labute approximate surface area is 171 Å². The van der Waals surface area contributed by atoms with Gasteiger partial charge in [0.1, 0.15) is 22.7 Å². The lowest BCUT2D eigenvalue weighted by molar-refractivity contribution is -0.133. The van der Waals surface area contributed by atoms with Crippen molar-refractivity contribution >= 4 is 33.0 Å². The molecule has 1 amide bonds. The molecule has 1 fully saturated rings. The first-order valence-corrected chi connectivity index (χ1v) is 10.7. The van der Waals surface area contributed by atoms with Crippen molar-refractivity contribution in [2.45, 2.75) is 45.3 Å². The summed E-state index contributed by atoms with van der Waals surface area (Å²) >= 11 is 1.59. The van der Waals surface area contributed by atoms with Crippen molar-refractivity contribution in [2.24, 2.45) is 0 Å². The maximum atomic E-state index is 13.1. The van der Waals surface area contributed by atoms with Crippen LogP contribution in [0.3, 0.4) is 0 Å². The summed E-state index contributed by atoms with van der Waals surface area (Å²) in [6, 6.07) is 9.82. The van der Waals surface area contributed by atoms with Gasteiger partial charge in [0.2, 0.25) is 5.91 Å². The highest BCUT2D eigenvalue weighted by molar-refractivity contribution is 7.16. The van der Waals surface area contributed by atoms with Crippen molar-refractivity contribution < 1.29 is 4.79 Å². The molecule has 0 N–H and O–H groups in total. The van der Waals surface area contributed by atoms with Crippen molar-refractivity contribution in [2.75, 3.05) is 0 Å². The number of pyridine rings is 1. The molecule has 29 heavy (non-hydrogen) atoms. The second-order valence-electron chi connectivity index (χ2n) is 7.35. The van der Waals surface area contributed by atoms with Gasteiger partial charge in [-0.1, -0.05) is 13.0 Å². The molecular weight excluding hydrogens is 386 g/mol. The fourth-order valence-corrected chi connectivity index (χ4v) is 4.64. The number of thiophene rings is 1. The SMILES string of the molecule is CCc1nn(CC(=O)N(Cc2ccccn2)C2CC2)c(=O)c2cc3ccsc3n12. The number of carbonyl (C=O) groups excluding carboxylic acids is 1. The van der Waals surface area contributed by atoms with Gasteiger partial charge in [0.15, 0.2) is 0 Å². The fraction of sp³-hybridized carbons (Fsp3) is 0.333. The maximum Gasteiger partial charge on any atom is 0.291 e. The third-order valence-corrected chi connectivity index (χ3v) is 6.24. The molecule has 4 aromatic heterocycles. The quantitative estimate of drug-likeness (QED) is 0.493. The van der Waals surface area contributed by atoms with Crippen LogP contribution in [-0.2, 0) is 24.3 Å². The summed E-state index contributed by atoms with van der Waals surface area (Å²) in [6.07, 6.45) is 4.40. The van der Waals surface area contributed by atoms with Gasteiger partial charge in [0.05, 0.1) is 12.2 Å². The van der Waals surface area contributed by atoms with Gasteiger partial charge < -0.3 is 4.90 Å². The van der Waals surface area contributed by atoms with Crippen LogP contribution in [-0.4, -0.2) is 36.0 Å². The summed E-state index contributed by atoms with van der Waals surface area (Å²) in [5.74, 6) is 0.695. The van der Waals surface area contributed by atoms with Crippen LogP contribution in [0.1, 0.15) is 31.3 Å². The largest absolute Gasteiger partial charge is 0.332 e. The van der Waals surface area contributed by atoms with Crippen molar-refractivity contribution in [1.82, 2.24) is 24.1 Å². The summed E-state index contributed by atoms with van der Waals surface area (Å²) < 4.78 is 3.25. The zero-order valence-corrected chi connectivity index (χ0v) is 16.9. The van der Waals surface area contributed by atoms with E-state index in [4.69, 9.17) is 0 Å². The van der Waals surface area contributed by atoms with E-state index in [-0.39, 0.29) is 24.1 Å². The van der Waals surface area contributed by atoms with Crippen molar-refractivity contribution in [3.8, 4) is 0 Å². The summed E-state index contributed by atoms with van der Waals surface area (Å²) in [6.45, 7) is 2.42. The number of rotatable bonds is 6. The van der Waals surface area contributed by atoms with Gasteiger partial charge in [0.25, 0.3) is 5.56 Å². The molecule has 7 nitrogen and oxygen atoms in total. The van der Waals surface area contributed by atoms with Gasteiger partial charge in [-0.2, -0.15) is 5.10 Å². The molecule has 0 radical (unpaired) electrons. The molecule has 4 heterocycles. The van der Waals surface area contributed by atoms with Crippen LogP contribution in [0.2, 0.25) is 0 Å². The minimum absolute atomic E-state index is 0.0511. The molecule has 0 spiro atoms. The monoisotopic (exact) mass is 407 g/mol. The second kappa shape index (κ2) is 7.11. The first-order chi connectivity index (χ1) is 14.2. The molecule has 1 saturated carbocycles. The first-order valence-electron chi connectivity index (χ1n) is 9.83. The van der Waals surface area contributed by atoms with E-state index in [0.29, 0.717) is 18.5 Å². The average molecular weight is 407 g/mol. The van der Waals surface area contributed by atoms with E-state index >= 15 is 0 Å². The third-order valence-electron chi connectivity index (χ3n) is 5.33. The van der Waals surface area contributed by atoms with E-state index in [2.05, 4.69) is 10.1 Å². The zero-order chi connectivity index (χ0) is 20.0. The maximum absolute atomic E-state index is 13.1. The lowest BCUT2D eigenvalue weighted by Crippen LogP contribution is -2.39. The van der Waals surface area contributed by atoms with E-state index in [1.807, 2.05) is 51.9 Å². The van der Waals surface area contributed by atoms with E-state index in [9.17, 15) is 9.59 Å². The van der Waals surface area contributed by atoms with Crippen LogP contribution in [0.15, 0.2) is 46.7 Å². The Balaban J connectivity index is 1.49. The molecule has 1 aliphatic carbocycles. The molecule has 0 bridgehead atoms. The lowest BCUT2D eigenvalue weighted by Gasteiger charge is -2.22. The van der Waals surface area contributed by atoms with Gasteiger partial charge in [-0.25, -0.2) is 4.68 Å². The first kappa shape index (κ1) is 18.1. The van der Waals surface area contributed by atoms with Crippen LogP contribution in [0.5, 0.6) is 0 Å². The minimum atomic E-state index is -0.229. The Bertz CT molecular complexity index is 1250. The Hall–Kier alpha value is -3.00. The highest BCUT2D eigenvalue weighted by Gasteiger charge is 2.33. The van der Waals surface area contributed by atoms with Crippen LogP contribution in [0, 0.1) is 0 Å². The molecule has 0 aliphatic heterocycles. The van der Waals surface area contributed by atoms with Gasteiger partial charge in [-0.05, 0) is 42.5 Å². The minimum Gasteiger partial charge on any atom is -0.332 e. The molecule has 1 aliphatic rings.